The summed E-state index contributed by atoms with van der Waals surface area (Å²) < 4.78 is 0. The van der Waals surface area contributed by atoms with E-state index in [1.165, 1.54) is 17.7 Å². The second kappa shape index (κ2) is 5.06. The molecule has 1 N–H and O–H groups in total. The van der Waals surface area contributed by atoms with Gasteiger partial charge in [0.15, 0.2) is 0 Å². The van der Waals surface area contributed by atoms with E-state index in [1.54, 1.807) is 11.3 Å². The zero-order chi connectivity index (χ0) is 13.4. The van der Waals surface area contributed by atoms with E-state index in [9.17, 15) is 0 Å². The van der Waals surface area contributed by atoms with Gasteiger partial charge in [0.25, 0.3) is 0 Å². The molecule has 0 radical (unpaired) electrons. The van der Waals surface area contributed by atoms with Crippen LogP contribution in [0, 0.1) is 13.8 Å². The number of hydrogen-bond donors (Lipinski definition) is 1. The van der Waals surface area contributed by atoms with E-state index < -0.39 is 0 Å². The molecule has 19 heavy (non-hydrogen) atoms. The number of hydrogen-bond acceptors (Lipinski definition) is 5. The molecule has 1 saturated carbocycles. The highest BCUT2D eigenvalue weighted by molar-refractivity contribution is 7.11. The van der Waals surface area contributed by atoms with E-state index >= 15 is 0 Å². The van der Waals surface area contributed by atoms with Gasteiger partial charge in [0, 0.05) is 22.6 Å². The van der Waals surface area contributed by atoms with E-state index in [1.807, 2.05) is 20.0 Å². The highest BCUT2D eigenvalue weighted by Gasteiger charge is 2.28. The maximum Gasteiger partial charge on any atom is 0.137 e. The molecular formula is C13H15ClN4S. The first kappa shape index (κ1) is 12.8. The molecule has 6 heteroatoms. The lowest BCUT2D eigenvalue weighted by molar-refractivity contribution is 0.912. The van der Waals surface area contributed by atoms with Crippen LogP contribution in [0.3, 0.4) is 0 Å². The molecule has 0 amide bonds. The van der Waals surface area contributed by atoms with Crippen LogP contribution >= 0.6 is 22.9 Å². The number of thiazole rings is 1. The minimum Gasteiger partial charge on any atom is -0.365 e. The van der Waals surface area contributed by atoms with Gasteiger partial charge in [-0.3, -0.25) is 0 Å². The molecule has 0 spiro atoms. The zero-order valence-electron chi connectivity index (χ0n) is 10.9. The molecule has 2 heterocycles. The van der Waals surface area contributed by atoms with Crippen molar-refractivity contribution in [3.05, 3.63) is 32.6 Å². The third-order valence-corrected chi connectivity index (χ3v) is 4.43. The lowest BCUT2D eigenvalue weighted by atomic mass is 10.3. The molecule has 0 bridgehead atoms. The van der Waals surface area contributed by atoms with E-state index in [0.717, 1.165) is 28.8 Å². The van der Waals surface area contributed by atoms with Crippen LogP contribution < -0.4 is 5.32 Å². The summed E-state index contributed by atoms with van der Waals surface area (Å²) in [4.78, 5) is 14.4. The Hall–Kier alpha value is -1.20. The van der Waals surface area contributed by atoms with Crippen LogP contribution in [0.2, 0.25) is 5.15 Å². The molecule has 3 rings (SSSR count). The van der Waals surface area contributed by atoms with Gasteiger partial charge in [-0.25, -0.2) is 15.0 Å². The van der Waals surface area contributed by atoms with Crippen molar-refractivity contribution in [2.75, 3.05) is 5.32 Å². The Morgan fingerprint density at radius 1 is 1.37 bits per heavy atom. The maximum atomic E-state index is 6.18. The SMILES string of the molecule is Cc1ncc(CNc2nc(C3CC3)nc(Cl)c2C)s1. The summed E-state index contributed by atoms with van der Waals surface area (Å²) in [6.45, 7) is 4.68. The van der Waals surface area contributed by atoms with Crippen molar-refractivity contribution in [3.8, 4) is 0 Å². The van der Waals surface area contributed by atoms with Crippen molar-refractivity contribution in [2.45, 2.75) is 39.2 Å². The first-order valence-corrected chi connectivity index (χ1v) is 7.52. The smallest absolute Gasteiger partial charge is 0.137 e. The molecule has 100 valence electrons. The molecule has 0 aliphatic heterocycles. The van der Waals surface area contributed by atoms with Crippen LogP contribution in [0.5, 0.6) is 0 Å². The second-order valence-corrected chi connectivity index (χ2v) is 6.50. The van der Waals surface area contributed by atoms with Crippen molar-refractivity contribution >= 4 is 28.8 Å². The molecule has 0 unspecified atom stereocenters. The number of nitrogens with zero attached hydrogens (tertiary/aromatic N) is 3. The van der Waals surface area contributed by atoms with Crippen LogP contribution in [0.4, 0.5) is 5.82 Å². The van der Waals surface area contributed by atoms with Gasteiger partial charge in [-0.2, -0.15) is 0 Å². The molecule has 1 aliphatic rings. The number of aryl methyl sites for hydroxylation is 1. The monoisotopic (exact) mass is 294 g/mol. The molecule has 2 aromatic heterocycles. The highest BCUT2D eigenvalue weighted by Crippen LogP contribution is 2.39. The van der Waals surface area contributed by atoms with E-state index in [-0.39, 0.29) is 0 Å². The zero-order valence-corrected chi connectivity index (χ0v) is 12.5. The van der Waals surface area contributed by atoms with Gasteiger partial charge in [0.1, 0.15) is 16.8 Å². The van der Waals surface area contributed by atoms with Crippen molar-refractivity contribution < 1.29 is 0 Å². The summed E-state index contributed by atoms with van der Waals surface area (Å²) in [5.74, 6) is 2.22. The fourth-order valence-electron chi connectivity index (χ4n) is 1.86. The van der Waals surface area contributed by atoms with Gasteiger partial charge in [0.05, 0.1) is 11.6 Å². The summed E-state index contributed by atoms with van der Waals surface area (Å²) in [5.41, 5.74) is 0.910. The molecule has 4 nitrogen and oxygen atoms in total. The average molecular weight is 295 g/mol. The third-order valence-electron chi connectivity index (χ3n) is 3.15. The summed E-state index contributed by atoms with van der Waals surface area (Å²) in [6.07, 6.45) is 4.24. The summed E-state index contributed by atoms with van der Waals surface area (Å²) >= 11 is 7.87. The Morgan fingerprint density at radius 2 is 2.16 bits per heavy atom. The average Bonchev–Trinajstić information content (AvgIpc) is 3.15. The number of aromatic nitrogens is 3. The normalized spacial score (nSPS) is 14.7. The number of nitrogens with one attached hydrogen (secondary N) is 1. The van der Waals surface area contributed by atoms with Gasteiger partial charge in [-0.1, -0.05) is 11.6 Å². The van der Waals surface area contributed by atoms with E-state index in [2.05, 4.69) is 20.3 Å². The topological polar surface area (TPSA) is 50.7 Å². The number of rotatable bonds is 4. The van der Waals surface area contributed by atoms with E-state index in [4.69, 9.17) is 11.6 Å². The Bertz CT molecular complexity index is 607. The van der Waals surface area contributed by atoms with Crippen molar-refractivity contribution in [2.24, 2.45) is 0 Å². The molecule has 0 atom stereocenters. The quantitative estimate of drug-likeness (QED) is 0.874. The lowest BCUT2D eigenvalue weighted by Gasteiger charge is -2.10. The van der Waals surface area contributed by atoms with Gasteiger partial charge in [-0.05, 0) is 26.7 Å². The number of anilines is 1. The Kier molecular flexibility index (Phi) is 3.41. The standard InChI is InChI=1S/C13H15ClN4S/c1-7-11(14)17-13(9-3-4-9)18-12(7)16-6-10-5-15-8(2)19-10/h5,9H,3-4,6H2,1-2H3,(H,16,17,18). The summed E-state index contributed by atoms with van der Waals surface area (Å²) in [7, 11) is 0. The Balaban J connectivity index is 1.79. The Labute approximate surface area is 121 Å². The van der Waals surface area contributed by atoms with Crippen LogP contribution in [0.25, 0.3) is 0 Å². The first-order valence-electron chi connectivity index (χ1n) is 6.32. The van der Waals surface area contributed by atoms with Crippen molar-refractivity contribution in [1.82, 2.24) is 15.0 Å². The summed E-state index contributed by atoms with van der Waals surface area (Å²) in [5, 5.41) is 4.97. The largest absolute Gasteiger partial charge is 0.365 e. The van der Waals surface area contributed by atoms with Crippen molar-refractivity contribution in [3.63, 3.8) is 0 Å². The van der Waals surface area contributed by atoms with Gasteiger partial charge in [-0.15, -0.1) is 11.3 Å². The van der Waals surface area contributed by atoms with E-state index in [0.29, 0.717) is 11.1 Å². The maximum absolute atomic E-state index is 6.18. The van der Waals surface area contributed by atoms with Gasteiger partial charge in [0.2, 0.25) is 0 Å². The predicted molar refractivity (Wildman–Crippen MR) is 77.9 cm³/mol. The third kappa shape index (κ3) is 2.87. The fourth-order valence-corrected chi connectivity index (χ4v) is 2.77. The predicted octanol–water partition coefficient (Wildman–Crippen LogP) is 3.69. The van der Waals surface area contributed by atoms with Crippen molar-refractivity contribution in [1.29, 1.82) is 0 Å². The van der Waals surface area contributed by atoms with Gasteiger partial charge >= 0.3 is 0 Å². The van der Waals surface area contributed by atoms with Crippen LogP contribution in [0.1, 0.15) is 40.0 Å². The Morgan fingerprint density at radius 3 is 2.79 bits per heavy atom. The van der Waals surface area contributed by atoms with Crippen LogP contribution in [-0.2, 0) is 6.54 Å². The van der Waals surface area contributed by atoms with Crippen LogP contribution in [-0.4, -0.2) is 15.0 Å². The minimum absolute atomic E-state index is 0.504. The lowest BCUT2D eigenvalue weighted by Crippen LogP contribution is -2.06. The molecular weight excluding hydrogens is 280 g/mol. The first-order chi connectivity index (χ1) is 9.13. The second-order valence-electron chi connectivity index (χ2n) is 4.82. The number of halogens is 1. The molecule has 0 aromatic carbocycles. The molecule has 0 saturated heterocycles. The molecule has 1 fully saturated rings. The molecule has 1 aliphatic carbocycles. The highest BCUT2D eigenvalue weighted by atomic mass is 35.5. The minimum atomic E-state index is 0.504. The summed E-state index contributed by atoms with van der Waals surface area (Å²) in [6, 6.07) is 0. The van der Waals surface area contributed by atoms with Crippen LogP contribution in [0.15, 0.2) is 6.20 Å². The fraction of sp³-hybridized carbons (Fsp3) is 0.462. The van der Waals surface area contributed by atoms with Gasteiger partial charge < -0.3 is 5.32 Å². The molecule has 2 aromatic rings.